The molecule has 5 heteroatoms. The molecule has 0 aromatic heterocycles. The second-order valence-electron chi connectivity index (χ2n) is 4.87. The number of amidine groups is 1. The highest BCUT2D eigenvalue weighted by atomic mass is 79.9. The number of anilines is 1. The summed E-state index contributed by atoms with van der Waals surface area (Å²) >= 11 is 11.4. The van der Waals surface area contributed by atoms with Crippen LogP contribution in [0.2, 0.25) is 5.02 Å². The number of hydrogen-bond acceptors (Lipinski definition) is 3. The monoisotopic (exact) mass is 360 g/mol. The molecule has 1 N–H and O–H groups in total. The molecule has 0 bridgehead atoms. The molecule has 0 aliphatic carbocycles. The van der Waals surface area contributed by atoms with Crippen LogP contribution in [-0.4, -0.2) is 17.5 Å². The van der Waals surface area contributed by atoms with E-state index in [1.165, 1.54) is 12.8 Å². The van der Waals surface area contributed by atoms with Gasteiger partial charge < -0.3 is 5.32 Å². The average Bonchev–Trinajstić information content (AvgIpc) is 2.44. The molecule has 0 amide bonds. The Morgan fingerprint density at radius 1 is 1.42 bits per heavy atom. The Morgan fingerprint density at radius 2 is 2.16 bits per heavy atom. The highest BCUT2D eigenvalue weighted by molar-refractivity contribution is 9.10. The minimum absolute atomic E-state index is 0.372. The predicted molar refractivity (Wildman–Crippen MR) is 90.5 cm³/mol. The van der Waals surface area contributed by atoms with Crippen LogP contribution in [0.3, 0.4) is 0 Å². The first-order valence-electron chi connectivity index (χ1n) is 6.48. The lowest BCUT2D eigenvalue weighted by Gasteiger charge is -2.33. The summed E-state index contributed by atoms with van der Waals surface area (Å²) in [5.41, 5.74) is 1.28. The molecule has 19 heavy (non-hydrogen) atoms. The maximum Gasteiger partial charge on any atom is 0.161 e. The molecule has 0 unspecified atom stereocenters. The van der Waals surface area contributed by atoms with Crippen molar-refractivity contribution in [1.29, 1.82) is 0 Å². The van der Waals surface area contributed by atoms with Crippen LogP contribution in [-0.2, 0) is 0 Å². The molecule has 0 radical (unpaired) electrons. The number of nitrogens with one attached hydrogen (secondary N) is 1. The lowest BCUT2D eigenvalue weighted by atomic mass is 9.84. The summed E-state index contributed by atoms with van der Waals surface area (Å²) in [7, 11) is 0. The Labute approximate surface area is 132 Å². The van der Waals surface area contributed by atoms with E-state index in [1.54, 1.807) is 11.8 Å². The Bertz CT molecular complexity index is 486. The van der Waals surface area contributed by atoms with Gasteiger partial charge in [-0.05, 0) is 36.5 Å². The summed E-state index contributed by atoms with van der Waals surface area (Å²) in [4.78, 5) is 4.69. The largest absolute Gasteiger partial charge is 0.334 e. The molecular weight excluding hydrogens is 344 g/mol. The molecule has 104 valence electrons. The van der Waals surface area contributed by atoms with Gasteiger partial charge >= 0.3 is 0 Å². The molecule has 1 aromatic carbocycles. The second-order valence-corrected chi connectivity index (χ2v) is 7.15. The van der Waals surface area contributed by atoms with Crippen molar-refractivity contribution >= 4 is 50.1 Å². The Hall–Kier alpha value is -0.190. The maximum absolute atomic E-state index is 6.18. The van der Waals surface area contributed by atoms with Gasteiger partial charge in [0, 0.05) is 16.8 Å². The molecule has 0 saturated carbocycles. The van der Waals surface area contributed by atoms with Gasteiger partial charge in [0.05, 0.1) is 10.7 Å². The van der Waals surface area contributed by atoms with Gasteiger partial charge in [0.25, 0.3) is 0 Å². The van der Waals surface area contributed by atoms with Gasteiger partial charge in [0.2, 0.25) is 0 Å². The molecule has 2 nitrogen and oxygen atoms in total. The van der Waals surface area contributed by atoms with E-state index in [-0.39, 0.29) is 0 Å². The van der Waals surface area contributed by atoms with E-state index >= 15 is 0 Å². The number of nitrogens with zero attached hydrogens (tertiary/aromatic N) is 1. The minimum Gasteiger partial charge on any atom is -0.334 e. The maximum atomic E-state index is 6.18. The highest BCUT2D eigenvalue weighted by Gasteiger charge is 2.30. The van der Waals surface area contributed by atoms with Gasteiger partial charge in [-0.1, -0.05) is 53.1 Å². The molecule has 1 aliphatic heterocycles. The van der Waals surface area contributed by atoms with Gasteiger partial charge in [-0.25, -0.2) is 0 Å². The zero-order valence-electron chi connectivity index (χ0n) is 11.2. The van der Waals surface area contributed by atoms with Gasteiger partial charge in [-0.2, -0.15) is 0 Å². The van der Waals surface area contributed by atoms with Crippen LogP contribution in [0, 0.1) is 5.41 Å². The van der Waals surface area contributed by atoms with E-state index in [0.29, 0.717) is 10.4 Å². The standard InChI is InChI=1S/C14H18BrClN2S/c1-3-14(4-2)8-17-13(19-9-14)18-12-7-10(15)5-6-11(12)16/h5-7H,3-4,8-9H2,1-2H3,(H,17,18). The molecule has 0 atom stereocenters. The van der Waals surface area contributed by atoms with Gasteiger partial charge in [0.15, 0.2) is 5.17 Å². The number of halogens is 2. The summed E-state index contributed by atoms with van der Waals surface area (Å²) in [5.74, 6) is 1.12. The third-order valence-electron chi connectivity index (χ3n) is 3.74. The van der Waals surface area contributed by atoms with E-state index in [0.717, 1.165) is 27.6 Å². The average molecular weight is 362 g/mol. The topological polar surface area (TPSA) is 24.4 Å². The molecule has 1 heterocycles. The first-order chi connectivity index (χ1) is 9.08. The van der Waals surface area contributed by atoms with Crippen LogP contribution in [0.1, 0.15) is 26.7 Å². The van der Waals surface area contributed by atoms with E-state index < -0.39 is 0 Å². The molecule has 2 rings (SSSR count). The molecular formula is C14H18BrClN2S. The summed E-state index contributed by atoms with van der Waals surface area (Å²) < 4.78 is 1.01. The lowest BCUT2D eigenvalue weighted by molar-refractivity contribution is 0.318. The van der Waals surface area contributed by atoms with E-state index in [9.17, 15) is 0 Å². The quantitative estimate of drug-likeness (QED) is 0.777. The van der Waals surface area contributed by atoms with Crippen molar-refractivity contribution in [3.63, 3.8) is 0 Å². The third-order valence-corrected chi connectivity index (χ3v) is 5.83. The number of thioether (sulfide) groups is 1. The van der Waals surface area contributed by atoms with Crippen LogP contribution in [0.25, 0.3) is 0 Å². The van der Waals surface area contributed by atoms with Crippen molar-refractivity contribution in [2.75, 3.05) is 17.6 Å². The molecule has 0 fully saturated rings. The molecule has 1 aliphatic rings. The zero-order valence-corrected chi connectivity index (χ0v) is 14.3. The predicted octanol–water partition coefficient (Wildman–Crippen LogP) is 5.42. The highest BCUT2D eigenvalue weighted by Crippen LogP contribution is 2.36. The zero-order chi connectivity index (χ0) is 13.9. The fourth-order valence-corrected chi connectivity index (χ4v) is 3.82. The minimum atomic E-state index is 0.372. The normalized spacial score (nSPS) is 18.0. The molecule has 0 saturated heterocycles. The van der Waals surface area contributed by atoms with Crippen LogP contribution in [0.15, 0.2) is 27.7 Å². The summed E-state index contributed by atoms with van der Waals surface area (Å²) in [6.07, 6.45) is 2.37. The lowest BCUT2D eigenvalue weighted by Crippen LogP contribution is -2.32. The third kappa shape index (κ3) is 3.67. The number of hydrogen-bond donors (Lipinski definition) is 1. The summed E-state index contributed by atoms with van der Waals surface area (Å²) in [6, 6.07) is 5.79. The fourth-order valence-electron chi connectivity index (χ4n) is 2.01. The van der Waals surface area contributed by atoms with Crippen LogP contribution >= 0.6 is 39.3 Å². The summed E-state index contributed by atoms with van der Waals surface area (Å²) in [5, 5.41) is 5.01. The van der Waals surface area contributed by atoms with Gasteiger partial charge in [-0.3, -0.25) is 4.99 Å². The summed E-state index contributed by atoms with van der Waals surface area (Å²) in [6.45, 7) is 5.41. The first kappa shape index (κ1) is 15.2. The van der Waals surface area contributed by atoms with Gasteiger partial charge in [0.1, 0.15) is 0 Å². The Morgan fingerprint density at radius 3 is 2.74 bits per heavy atom. The van der Waals surface area contributed by atoms with Crippen LogP contribution < -0.4 is 5.32 Å². The molecule has 1 aromatic rings. The smallest absolute Gasteiger partial charge is 0.161 e. The SMILES string of the molecule is CCC1(CC)CN=C(Nc2cc(Br)ccc2Cl)SC1. The van der Waals surface area contributed by atoms with Crippen LogP contribution in [0.5, 0.6) is 0 Å². The Balaban J connectivity index is 2.09. The van der Waals surface area contributed by atoms with Crippen molar-refractivity contribution in [3.8, 4) is 0 Å². The fraction of sp³-hybridized carbons (Fsp3) is 0.500. The van der Waals surface area contributed by atoms with Crippen molar-refractivity contribution in [2.24, 2.45) is 10.4 Å². The van der Waals surface area contributed by atoms with Crippen molar-refractivity contribution < 1.29 is 0 Å². The van der Waals surface area contributed by atoms with Crippen molar-refractivity contribution in [3.05, 3.63) is 27.7 Å². The Kier molecular flexibility index (Phi) is 5.21. The van der Waals surface area contributed by atoms with E-state index in [1.807, 2.05) is 18.2 Å². The second kappa shape index (κ2) is 6.51. The number of benzene rings is 1. The molecule has 0 spiro atoms. The van der Waals surface area contributed by atoms with Crippen LogP contribution in [0.4, 0.5) is 5.69 Å². The number of rotatable bonds is 3. The van der Waals surface area contributed by atoms with Gasteiger partial charge in [-0.15, -0.1) is 0 Å². The van der Waals surface area contributed by atoms with E-state index in [2.05, 4.69) is 40.1 Å². The van der Waals surface area contributed by atoms with Crippen molar-refractivity contribution in [1.82, 2.24) is 0 Å². The number of aliphatic imine (C=N–C) groups is 1. The van der Waals surface area contributed by atoms with Crippen molar-refractivity contribution in [2.45, 2.75) is 26.7 Å². The van der Waals surface area contributed by atoms with E-state index in [4.69, 9.17) is 11.6 Å². The first-order valence-corrected chi connectivity index (χ1v) is 8.63.